The third-order valence-corrected chi connectivity index (χ3v) is 3.68. The van der Waals surface area contributed by atoms with Crippen LogP contribution in [-0.2, 0) is 12.6 Å². The number of halogens is 3. The summed E-state index contributed by atoms with van der Waals surface area (Å²) >= 11 is 0. The molecule has 0 saturated carbocycles. The predicted molar refractivity (Wildman–Crippen MR) is 71.4 cm³/mol. The fourth-order valence-electron chi connectivity index (χ4n) is 2.67. The van der Waals surface area contributed by atoms with E-state index in [-0.39, 0.29) is 6.04 Å². The first-order valence-electron chi connectivity index (χ1n) is 6.54. The minimum Gasteiger partial charge on any atom is -0.306 e. The van der Waals surface area contributed by atoms with Crippen LogP contribution in [0.2, 0.25) is 0 Å². The minimum absolute atomic E-state index is 0.0257. The molecule has 1 N–H and O–H groups in total. The molecule has 0 saturated heterocycles. The highest BCUT2D eigenvalue weighted by molar-refractivity contribution is 5.40. The Hall–Kier alpha value is -1.81. The number of alkyl halides is 3. The Morgan fingerprint density at radius 3 is 2.35 bits per heavy atom. The van der Waals surface area contributed by atoms with E-state index in [0.29, 0.717) is 0 Å². The van der Waals surface area contributed by atoms with Gasteiger partial charge >= 0.3 is 6.18 Å². The average Bonchev–Trinajstić information content (AvgIpc) is 2.46. The summed E-state index contributed by atoms with van der Waals surface area (Å²) in [5.74, 6) is 0. The van der Waals surface area contributed by atoms with E-state index in [0.717, 1.165) is 36.2 Å². The molecule has 1 heterocycles. The van der Waals surface area contributed by atoms with Crippen molar-refractivity contribution in [2.24, 2.45) is 0 Å². The van der Waals surface area contributed by atoms with Crippen LogP contribution in [-0.4, -0.2) is 6.54 Å². The van der Waals surface area contributed by atoms with E-state index in [2.05, 4.69) is 11.4 Å². The normalized spacial score (nSPS) is 18.6. The van der Waals surface area contributed by atoms with Gasteiger partial charge in [-0.05, 0) is 35.2 Å². The van der Waals surface area contributed by atoms with Crippen molar-refractivity contribution in [1.82, 2.24) is 5.32 Å². The third-order valence-electron chi connectivity index (χ3n) is 3.68. The molecular formula is C16H14F3N. The average molecular weight is 277 g/mol. The van der Waals surface area contributed by atoms with Crippen LogP contribution in [0.4, 0.5) is 13.2 Å². The molecule has 0 spiro atoms. The van der Waals surface area contributed by atoms with Gasteiger partial charge in [-0.15, -0.1) is 0 Å². The van der Waals surface area contributed by atoms with Gasteiger partial charge in [0.2, 0.25) is 0 Å². The van der Waals surface area contributed by atoms with Gasteiger partial charge in [-0.1, -0.05) is 36.4 Å². The van der Waals surface area contributed by atoms with E-state index >= 15 is 0 Å². The summed E-state index contributed by atoms with van der Waals surface area (Å²) in [5, 5.41) is 3.37. The van der Waals surface area contributed by atoms with E-state index in [1.54, 1.807) is 12.1 Å². The third kappa shape index (κ3) is 2.43. The van der Waals surface area contributed by atoms with Crippen molar-refractivity contribution in [3.05, 3.63) is 70.8 Å². The first kappa shape index (κ1) is 13.2. The van der Waals surface area contributed by atoms with Crippen LogP contribution in [0.5, 0.6) is 0 Å². The van der Waals surface area contributed by atoms with E-state index in [1.165, 1.54) is 5.56 Å². The van der Waals surface area contributed by atoms with Gasteiger partial charge < -0.3 is 5.32 Å². The Labute approximate surface area is 115 Å². The second-order valence-corrected chi connectivity index (χ2v) is 4.96. The van der Waals surface area contributed by atoms with Gasteiger partial charge in [0.15, 0.2) is 0 Å². The fraction of sp³-hybridized carbons (Fsp3) is 0.250. The van der Waals surface area contributed by atoms with Crippen molar-refractivity contribution in [2.45, 2.75) is 18.6 Å². The van der Waals surface area contributed by atoms with Crippen LogP contribution in [0.1, 0.15) is 28.3 Å². The number of fused-ring (bicyclic) bond motifs is 1. The van der Waals surface area contributed by atoms with Crippen LogP contribution in [0, 0.1) is 0 Å². The van der Waals surface area contributed by atoms with Crippen LogP contribution in [0.3, 0.4) is 0 Å². The Morgan fingerprint density at radius 1 is 0.950 bits per heavy atom. The number of hydrogen-bond donors (Lipinski definition) is 1. The molecule has 0 amide bonds. The number of rotatable bonds is 1. The molecule has 3 rings (SSSR count). The van der Waals surface area contributed by atoms with Gasteiger partial charge in [0.05, 0.1) is 11.6 Å². The lowest BCUT2D eigenvalue weighted by molar-refractivity contribution is -0.137. The van der Waals surface area contributed by atoms with Crippen LogP contribution < -0.4 is 5.32 Å². The highest BCUT2D eigenvalue weighted by Crippen LogP contribution is 2.32. The summed E-state index contributed by atoms with van der Waals surface area (Å²) in [5.41, 5.74) is 2.67. The second kappa shape index (κ2) is 4.94. The maximum absolute atomic E-state index is 12.6. The van der Waals surface area contributed by atoms with E-state index in [1.807, 2.05) is 18.2 Å². The maximum atomic E-state index is 12.6. The molecule has 104 valence electrons. The number of nitrogens with one attached hydrogen (secondary N) is 1. The van der Waals surface area contributed by atoms with Crippen molar-refractivity contribution in [3.8, 4) is 0 Å². The molecule has 1 aliphatic heterocycles. The summed E-state index contributed by atoms with van der Waals surface area (Å²) in [6, 6.07) is 13.4. The predicted octanol–water partition coefficient (Wildman–Crippen LogP) is 3.94. The summed E-state index contributed by atoms with van der Waals surface area (Å²) in [7, 11) is 0. The summed E-state index contributed by atoms with van der Waals surface area (Å²) in [6.45, 7) is 0.836. The van der Waals surface area contributed by atoms with Gasteiger partial charge in [-0.25, -0.2) is 0 Å². The highest BCUT2D eigenvalue weighted by Gasteiger charge is 2.30. The highest BCUT2D eigenvalue weighted by atomic mass is 19.4. The molecule has 0 unspecified atom stereocenters. The Balaban J connectivity index is 1.95. The van der Waals surface area contributed by atoms with Crippen LogP contribution in [0.15, 0.2) is 48.5 Å². The molecule has 0 aliphatic carbocycles. The summed E-state index contributed by atoms with van der Waals surface area (Å²) < 4.78 is 37.8. The van der Waals surface area contributed by atoms with Crippen molar-refractivity contribution < 1.29 is 13.2 Å². The molecule has 20 heavy (non-hydrogen) atoms. The monoisotopic (exact) mass is 277 g/mol. The molecule has 1 nitrogen and oxygen atoms in total. The van der Waals surface area contributed by atoms with E-state index in [4.69, 9.17) is 0 Å². The zero-order chi connectivity index (χ0) is 14.2. The fourth-order valence-corrected chi connectivity index (χ4v) is 2.67. The first-order valence-corrected chi connectivity index (χ1v) is 6.54. The molecule has 1 atom stereocenters. The molecular weight excluding hydrogens is 263 g/mol. The quantitative estimate of drug-likeness (QED) is 0.832. The van der Waals surface area contributed by atoms with Crippen molar-refractivity contribution in [2.75, 3.05) is 6.54 Å². The lowest BCUT2D eigenvalue weighted by Crippen LogP contribution is -2.30. The molecule has 0 bridgehead atoms. The van der Waals surface area contributed by atoms with Gasteiger partial charge in [-0.3, -0.25) is 0 Å². The van der Waals surface area contributed by atoms with Crippen LogP contribution >= 0.6 is 0 Å². The van der Waals surface area contributed by atoms with E-state index in [9.17, 15) is 13.2 Å². The van der Waals surface area contributed by atoms with Crippen molar-refractivity contribution in [3.63, 3.8) is 0 Å². The van der Waals surface area contributed by atoms with Crippen molar-refractivity contribution >= 4 is 0 Å². The molecule has 4 heteroatoms. The molecule has 0 aromatic heterocycles. The second-order valence-electron chi connectivity index (χ2n) is 4.96. The number of hydrogen-bond acceptors (Lipinski definition) is 1. The Morgan fingerprint density at radius 2 is 1.65 bits per heavy atom. The van der Waals surface area contributed by atoms with Crippen LogP contribution in [0.25, 0.3) is 0 Å². The van der Waals surface area contributed by atoms with Crippen molar-refractivity contribution in [1.29, 1.82) is 0 Å². The minimum atomic E-state index is -4.28. The largest absolute Gasteiger partial charge is 0.416 e. The smallest absolute Gasteiger partial charge is 0.306 e. The molecule has 2 aromatic carbocycles. The lowest BCUT2D eigenvalue weighted by Gasteiger charge is -2.27. The Bertz CT molecular complexity index is 602. The SMILES string of the molecule is FC(F)(F)c1ccc([C@@H]2NCCc3ccccc32)cc1. The lowest BCUT2D eigenvalue weighted by atomic mass is 9.89. The van der Waals surface area contributed by atoms with Gasteiger partial charge in [-0.2, -0.15) is 13.2 Å². The number of benzene rings is 2. The Kier molecular flexibility index (Phi) is 3.26. The topological polar surface area (TPSA) is 12.0 Å². The first-order chi connectivity index (χ1) is 9.55. The van der Waals surface area contributed by atoms with Gasteiger partial charge in [0.1, 0.15) is 0 Å². The maximum Gasteiger partial charge on any atom is 0.416 e. The zero-order valence-corrected chi connectivity index (χ0v) is 10.7. The molecule has 0 radical (unpaired) electrons. The standard InChI is InChI=1S/C16H14F3N/c17-16(18,19)13-7-5-12(6-8-13)15-14-4-2-1-3-11(14)9-10-20-15/h1-8,15,20H,9-10H2/t15-/m0/s1. The molecule has 2 aromatic rings. The summed E-state index contributed by atoms with van der Waals surface area (Å²) in [4.78, 5) is 0. The molecule has 0 fully saturated rings. The van der Waals surface area contributed by atoms with Gasteiger partial charge in [0.25, 0.3) is 0 Å². The van der Waals surface area contributed by atoms with Gasteiger partial charge in [0, 0.05) is 6.54 Å². The molecule has 1 aliphatic rings. The van der Waals surface area contributed by atoms with E-state index < -0.39 is 11.7 Å². The zero-order valence-electron chi connectivity index (χ0n) is 10.7. The summed E-state index contributed by atoms with van der Waals surface area (Å²) in [6.07, 6.45) is -3.33.